The maximum atomic E-state index is 11.9. The molecule has 0 unspecified atom stereocenters. The van der Waals surface area contributed by atoms with Gasteiger partial charge in [0, 0.05) is 12.8 Å². The summed E-state index contributed by atoms with van der Waals surface area (Å²) in [7, 11) is 2.59. The number of hydrogen-bond acceptors (Lipinski definition) is 3. The molecule has 0 saturated heterocycles. The lowest BCUT2D eigenvalue weighted by atomic mass is 10.1. The highest BCUT2D eigenvalue weighted by atomic mass is 32.2. The Morgan fingerprint density at radius 1 is 0.767 bits per heavy atom. The molecule has 0 heterocycles. The molecular formula is C24H49N2O3S+. The van der Waals surface area contributed by atoms with Gasteiger partial charge in [0.05, 0.1) is 33.4 Å². The molecule has 0 atom stereocenters. The zero-order valence-electron chi connectivity index (χ0n) is 20.3. The van der Waals surface area contributed by atoms with Gasteiger partial charge in [-0.2, -0.15) is 0 Å². The highest BCUT2D eigenvalue weighted by Gasteiger charge is 2.16. The quantitative estimate of drug-likeness (QED) is 0.151. The van der Waals surface area contributed by atoms with Gasteiger partial charge in [-0.05, 0) is 32.1 Å². The largest absolute Gasteiger partial charge is 0.331 e. The van der Waals surface area contributed by atoms with Crippen LogP contribution < -0.4 is 4.72 Å². The fourth-order valence-electron chi connectivity index (χ4n) is 3.36. The van der Waals surface area contributed by atoms with Crippen molar-refractivity contribution in [1.29, 1.82) is 0 Å². The van der Waals surface area contributed by atoms with Crippen LogP contribution in [0.4, 0.5) is 0 Å². The summed E-state index contributed by atoms with van der Waals surface area (Å²) >= 11 is 0. The Kier molecular flexibility index (Phi) is 17.2. The number of nitrogens with one attached hydrogen (secondary N) is 1. The van der Waals surface area contributed by atoms with Crippen molar-refractivity contribution in [1.82, 2.24) is 4.72 Å². The number of allylic oxidation sites excluding steroid dienone is 2. The van der Waals surface area contributed by atoms with E-state index in [2.05, 4.69) is 23.8 Å². The standard InChI is InChI=1S/C24H48N2O3S/c1-5-6-7-8-9-10-11-12-13-14-15-16-17-18-19-21-24(27)25-30(28,29)23-20-22-26(2,3)4/h12-13H,5-11,14-23H2,1-4H3/p+1/b13-12-. The van der Waals surface area contributed by atoms with Crippen LogP contribution in [0.3, 0.4) is 0 Å². The lowest BCUT2D eigenvalue weighted by Crippen LogP contribution is -2.38. The summed E-state index contributed by atoms with van der Waals surface area (Å²) in [4.78, 5) is 11.8. The minimum atomic E-state index is -3.49. The number of carbonyl (C=O) groups excluding carboxylic acids is 1. The van der Waals surface area contributed by atoms with Crippen LogP contribution >= 0.6 is 0 Å². The van der Waals surface area contributed by atoms with Gasteiger partial charge < -0.3 is 4.48 Å². The molecule has 178 valence electrons. The predicted molar refractivity (Wildman–Crippen MR) is 129 cm³/mol. The Hall–Kier alpha value is -0.880. The van der Waals surface area contributed by atoms with Gasteiger partial charge in [-0.15, -0.1) is 0 Å². The molecule has 0 bridgehead atoms. The number of sulfonamides is 1. The average Bonchev–Trinajstić information content (AvgIpc) is 2.63. The van der Waals surface area contributed by atoms with Gasteiger partial charge in [-0.1, -0.05) is 70.4 Å². The molecule has 1 N–H and O–H groups in total. The first-order chi connectivity index (χ1) is 14.2. The third kappa shape index (κ3) is 21.8. The van der Waals surface area contributed by atoms with Crippen LogP contribution in [0.25, 0.3) is 0 Å². The fraction of sp³-hybridized carbons (Fsp3) is 0.875. The lowest BCUT2D eigenvalue weighted by molar-refractivity contribution is -0.870. The van der Waals surface area contributed by atoms with Crippen molar-refractivity contribution < 1.29 is 17.7 Å². The topological polar surface area (TPSA) is 63.2 Å². The van der Waals surface area contributed by atoms with Gasteiger partial charge in [0.1, 0.15) is 0 Å². The molecule has 0 spiro atoms. The maximum absolute atomic E-state index is 11.9. The van der Waals surface area contributed by atoms with Gasteiger partial charge in [0.15, 0.2) is 0 Å². The van der Waals surface area contributed by atoms with E-state index in [9.17, 15) is 13.2 Å². The van der Waals surface area contributed by atoms with Gasteiger partial charge in [-0.25, -0.2) is 8.42 Å². The van der Waals surface area contributed by atoms with Crippen LogP contribution in [0.1, 0.15) is 103 Å². The summed E-state index contributed by atoms with van der Waals surface area (Å²) in [6.07, 6.45) is 21.2. The van der Waals surface area contributed by atoms with Crippen molar-refractivity contribution in [3.63, 3.8) is 0 Å². The van der Waals surface area contributed by atoms with Crippen molar-refractivity contribution in [3.8, 4) is 0 Å². The summed E-state index contributed by atoms with van der Waals surface area (Å²) in [6, 6.07) is 0. The highest BCUT2D eigenvalue weighted by Crippen LogP contribution is 2.10. The number of rotatable bonds is 20. The number of hydrogen-bond donors (Lipinski definition) is 1. The molecule has 0 fully saturated rings. The lowest BCUT2D eigenvalue weighted by Gasteiger charge is -2.23. The molecule has 30 heavy (non-hydrogen) atoms. The number of unbranched alkanes of at least 4 members (excludes halogenated alkanes) is 11. The van der Waals surface area contributed by atoms with Crippen molar-refractivity contribution in [3.05, 3.63) is 12.2 Å². The first-order valence-electron chi connectivity index (χ1n) is 12.1. The second-order valence-corrected chi connectivity index (χ2v) is 11.4. The summed E-state index contributed by atoms with van der Waals surface area (Å²) in [5, 5.41) is 0. The number of quaternary nitrogens is 1. The molecule has 0 aliphatic heterocycles. The van der Waals surface area contributed by atoms with Crippen LogP contribution in [0.15, 0.2) is 12.2 Å². The number of carbonyl (C=O) groups is 1. The number of nitrogens with zero attached hydrogens (tertiary/aromatic N) is 1. The smallest absolute Gasteiger partial charge is 0.235 e. The van der Waals surface area contributed by atoms with E-state index in [0.717, 1.165) is 36.7 Å². The minimum absolute atomic E-state index is 0.0145. The predicted octanol–water partition coefficient (Wildman–Crippen LogP) is 5.57. The highest BCUT2D eigenvalue weighted by molar-refractivity contribution is 7.90. The molecule has 0 saturated carbocycles. The normalized spacial score (nSPS) is 12.5. The van der Waals surface area contributed by atoms with E-state index in [1.54, 1.807) is 0 Å². The molecule has 0 aromatic rings. The summed E-state index contributed by atoms with van der Waals surface area (Å²) in [6.45, 7) is 3.02. The average molecular weight is 446 g/mol. The molecule has 0 aromatic carbocycles. The van der Waals surface area contributed by atoms with Crippen LogP contribution in [0, 0.1) is 0 Å². The van der Waals surface area contributed by atoms with E-state index in [-0.39, 0.29) is 11.7 Å². The molecule has 0 radical (unpaired) electrons. The van der Waals surface area contributed by atoms with Crippen molar-refractivity contribution in [2.24, 2.45) is 0 Å². The summed E-state index contributed by atoms with van der Waals surface area (Å²) in [5.74, 6) is -0.349. The summed E-state index contributed by atoms with van der Waals surface area (Å²) < 4.78 is 26.8. The zero-order chi connectivity index (χ0) is 22.7. The van der Waals surface area contributed by atoms with Gasteiger partial charge >= 0.3 is 0 Å². The van der Waals surface area contributed by atoms with Crippen LogP contribution in [0.5, 0.6) is 0 Å². The Morgan fingerprint density at radius 2 is 1.27 bits per heavy atom. The Labute approximate surface area is 187 Å². The molecule has 0 rings (SSSR count). The molecular weight excluding hydrogens is 396 g/mol. The number of amides is 1. The molecule has 1 amide bonds. The fourth-order valence-corrected chi connectivity index (χ4v) is 4.42. The SMILES string of the molecule is CCCCCCCC/C=C\CCCCCCCC(=O)NS(=O)(=O)CCC[N+](C)(C)C. The minimum Gasteiger partial charge on any atom is -0.331 e. The van der Waals surface area contributed by atoms with E-state index >= 15 is 0 Å². The van der Waals surface area contributed by atoms with Crippen molar-refractivity contribution >= 4 is 15.9 Å². The summed E-state index contributed by atoms with van der Waals surface area (Å²) in [5.41, 5.74) is 0. The van der Waals surface area contributed by atoms with E-state index in [1.165, 1.54) is 57.8 Å². The van der Waals surface area contributed by atoms with Crippen LogP contribution in [0.2, 0.25) is 0 Å². The van der Waals surface area contributed by atoms with Gasteiger partial charge in [0.2, 0.25) is 15.9 Å². The third-order valence-electron chi connectivity index (χ3n) is 5.18. The second-order valence-electron chi connectivity index (χ2n) is 9.55. The molecule has 0 aliphatic rings. The zero-order valence-corrected chi connectivity index (χ0v) is 21.1. The monoisotopic (exact) mass is 445 g/mol. The maximum Gasteiger partial charge on any atom is 0.235 e. The Balaban J connectivity index is 3.55. The molecule has 0 aromatic heterocycles. The van der Waals surface area contributed by atoms with E-state index in [4.69, 9.17) is 0 Å². The third-order valence-corrected chi connectivity index (χ3v) is 6.54. The van der Waals surface area contributed by atoms with E-state index < -0.39 is 10.0 Å². The Bertz CT molecular complexity index is 551. The van der Waals surface area contributed by atoms with E-state index in [1.807, 2.05) is 21.1 Å². The van der Waals surface area contributed by atoms with Gasteiger partial charge in [-0.3, -0.25) is 9.52 Å². The second kappa shape index (κ2) is 17.8. The first-order valence-corrected chi connectivity index (χ1v) is 13.8. The van der Waals surface area contributed by atoms with Crippen LogP contribution in [-0.2, 0) is 14.8 Å². The van der Waals surface area contributed by atoms with Gasteiger partial charge in [0.25, 0.3) is 0 Å². The molecule has 5 nitrogen and oxygen atoms in total. The van der Waals surface area contributed by atoms with Crippen LogP contribution in [-0.4, -0.2) is 52.2 Å². The van der Waals surface area contributed by atoms with E-state index in [0.29, 0.717) is 12.8 Å². The molecule has 6 heteroatoms. The Morgan fingerprint density at radius 3 is 1.80 bits per heavy atom. The van der Waals surface area contributed by atoms with Crippen molar-refractivity contribution in [2.75, 3.05) is 33.4 Å². The first kappa shape index (κ1) is 29.1. The molecule has 0 aliphatic carbocycles. The van der Waals surface area contributed by atoms with Crippen molar-refractivity contribution in [2.45, 2.75) is 103 Å².